The topological polar surface area (TPSA) is 52.6 Å². The monoisotopic (exact) mass is 352 g/mol. The van der Waals surface area contributed by atoms with Crippen molar-refractivity contribution in [2.24, 2.45) is 23.7 Å². The molecule has 2 aliphatic rings. The Balaban J connectivity index is 0.000000366. The number of hydrogen-bond donors (Lipinski definition) is 0. The van der Waals surface area contributed by atoms with E-state index in [1.807, 2.05) is 0 Å². The van der Waals surface area contributed by atoms with Crippen molar-refractivity contribution in [3.8, 4) is 0 Å². The maximum Gasteiger partial charge on any atom is 0.330 e. The fourth-order valence-electron chi connectivity index (χ4n) is 3.93. The van der Waals surface area contributed by atoms with Gasteiger partial charge < -0.3 is 9.47 Å². The Morgan fingerprint density at radius 3 is 1.72 bits per heavy atom. The van der Waals surface area contributed by atoms with Crippen molar-refractivity contribution >= 4 is 11.9 Å². The zero-order valence-electron chi connectivity index (χ0n) is 16.5. The van der Waals surface area contributed by atoms with Gasteiger partial charge in [-0.1, -0.05) is 39.8 Å². The summed E-state index contributed by atoms with van der Waals surface area (Å²) in [5, 5.41) is 0. The van der Waals surface area contributed by atoms with E-state index in [4.69, 9.17) is 0 Å². The van der Waals surface area contributed by atoms with Gasteiger partial charge in [-0.3, -0.25) is 0 Å². The molecule has 144 valence electrons. The van der Waals surface area contributed by atoms with Gasteiger partial charge in [0.1, 0.15) is 0 Å². The highest BCUT2D eigenvalue weighted by Crippen LogP contribution is 2.53. The highest BCUT2D eigenvalue weighted by Gasteiger charge is 2.44. The fourth-order valence-corrected chi connectivity index (χ4v) is 3.93. The van der Waals surface area contributed by atoms with Crippen molar-refractivity contribution in [2.45, 2.75) is 59.8 Å². The van der Waals surface area contributed by atoms with E-state index in [2.05, 4.69) is 36.5 Å². The van der Waals surface area contributed by atoms with Crippen LogP contribution in [0.15, 0.2) is 25.3 Å². The van der Waals surface area contributed by atoms with E-state index in [0.29, 0.717) is 13.2 Å². The molecule has 4 unspecified atom stereocenters. The lowest BCUT2D eigenvalue weighted by molar-refractivity contribution is -0.138. The number of esters is 2. The molecule has 0 spiro atoms. The van der Waals surface area contributed by atoms with Crippen molar-refractivity contribution in [3.05, 3.63) is 25.3 Å². The van der Waals surface area contributed by atoms with Gasteiger partial charge >= 0.3 is 11.9 Å². The molecule has 2 bridgehead atoms. The molecule has 0 aromatic carbocycles. The smallest absolute Gasteiger partial charge is 0.330 e. The summed E-state index contributed by atoms with van der Waals surface area (Å²) in [6.45, 7) is 15.6. The van der Waals surface area contributed by atoms with E-state index in [-0.39, 0.29) is 11.9 Å². The molecule has 2 rings (SSSR count). The third kappa shape index (κ3) is 8.89. The molecule has 25 heavy (non-hydrogen) atoms. The van der Waals surface area contributed by atoms with E-state index < -0.39 is 0 Å². The van der Waals surface area contributed by atoms with Gasteiger partial charge in [-0.05, 0) is 56.8 Å². The lowest BCUT2D eigenvalue weighted by atomic mass is 9.78. The standard InChI is InChI=1S/C11H20.2C5H8O2/c1-3-4-11-8(2)9-5-6-10(11)7-9;2*1-3-5(6)7-4-2/h8-11H,3-7H2,1-2H3;2*3H,1,4H2,2H3. The summed E-state index contributed by atoms with van der Waals surface area (Å²) in [5.41, 5.74) is 0. The zero-order chi connectivity index (χ0) is 19.2. The van der Waals surface area contributed by atoms with Crippen LogP contribution >= 0.6 is 0 Å². The highest BCUT2D eigenvalue weighted by atomic mass is 16.5. The van der Waals surface area contributed by atoms with Crippen LogP contribution in [0.3, 0.4) is 0 Å². The Morgan fingerprint density at radius 1 is 0.960 bits per heavy atom. The van der Waals surface area contributed by atoms with Gasteiger partial charge in [0.05, 0.1) is 13.2 Å². The third-order valence-electron chi connectivity index (χ3n) is 5.07. The molecule has 2 aliphatic carbocycles. The van der Waals surface area contributed by atoms with Crippen LogP contribution in [-0.4, -0.2) is 25.2 Å². The summed E-state index contributed by atoms with van der Waals surface area (Å²) in [6, 6.07) is 0. The van der Waals surface area contributed by atoms with Gasteiger partial charge in [0.25, 0.3) is 0 Å². The van der Waals surface area contributed by atoms with Crippen LogP contribution in [0.5, 0.6) is 0 Å². The van der Waals surface area contributed by atoms with Gasteiger partial charge in [0.2, 0.25) is 0 Å². The summed E-state index contributed by atoms with van der Waals surface area (Å²) in [7, 11) is 0. The van der Waals surface area contributed by atoms with E-state index in [1.54, 1.807) is 33.1 Å². The summed E-state index contributed by atoms with van der Waals surface area (Å²) in [5.74, 6) is 3.71. The molecule has 0 aromatic rings. The van der Waals surface area contributed by atoms with Crippen LogP contribution < -0.4 is 0 Å². The van der Waals surface area contributed by atoms with Crippen molar-refractivity contribution in [2.75, 3.05) is 13.2 Å². The van der Waals surface area contributed by atoms with Crippen LogP contribution in [0, 0.1) is 23.7 Å². The summed E-state index contributed by atoms with van der Waals surface area (Å²) in [6.07, 6.45) is 9.87. The molecule has 4 heteroatoms. The van der Waals surface area contributed by atoms with Crippen molar-refractivity contribution in [1.29, 1.82) is 0 Å². The number of carbonyl (C=O) groups is 2. The lowest BCUT2D eigenvalue weighted by Crippen LogP contribution is -2.19. The Hall–Kier alpha value is -1.58. The summed E-state index contributed by atoms with van der Waals surface area (Å²) < 4.78 is 8.87. The minimum absolute atomic E-state index is 0.359. The van der Waals surface area contributed by atoms with Crippen LogP contribution in [0.25, 0.3) is 0 Å². The van der Waals surface area contributed by atoms with Crippen LogP contribution in [0.2, 0.25) is 0 Å². The largest absolute Gasteiger partial charge is 0.463 e. The fraction of sp³-hybridized carbons (Fsp3) is 0.714. The number of ether oxygens (including phenoxy) is 2. The Morgan fingerprint density at radius 2 is 1.44 bits per heavy atom. The van der Waals surface area contributed by atoms with Crippen LogP contribution in [0.1, 0.15) is 59.8 Å². The lowest BCUT2D eigenvalue weighted by Gasteiger charge is -2.27. The molecule has 0 N–H and O–H groups in total. The van der Waals surface area contributed by atoms with E-state index >= 15 is 0 Å². The molecular formula is C21H36O4. The first kappa shape index (κ1) is 23.4. The quantitative estimate of drug-likeness (QED) is 0.502. The van der Waals surface area contributed by atoms with E-state index in [1.165, 1.54) is 12.8 Å². The Kier molecular flexibility index (Phi) is 12.8. The Bertz CT molecular complexity index is 392. The third-order valence-corrected chi connectivity index (χ3v) is 5.07. The first-order valence-electron chi connectivity index (χ1n) is 9.53. The van der Waals surface area contributed by atoms with Gasteiger partial charge in [0, 0.05) is 12.2 Å². The van der Waals surface area contributed by atoms with Crippen molar-refractivity contribution < 1.29 is 19.1 Å². The number of rotatable bonds is 6. The second-order valence-electron chi connectivity index (χ2n) is 6.56. The predicted octanol–water partition coefficient (Wildman–Crippen LogP) is 4.94. The minimum atomic E-state index is -0.359. The van der Waals surface area contributed by atoms with Crippen molar-refractivity contribution in [1.82, 2.24) is 0 Å². The number of fused-ring (bicyclic) bond motifs is 2. The first-order chi connectivity index (χ1) is 11.9. The van der Waals surface area contributed by atoms with Gasteiger partial charge in [-0.2, -0.15) is 0 Å². The molecule has 4 atom stereocenters. The second-order valence-corrected chi connectivity index (χ2v) is 6.56. The summed E-state index contributed by atoms with van der Waals surface area (Å²) >= 11 is 0. The average Bonchev–Trinajstić information content (AvgIpc) is 3.20. The zero-order valence-corrected chi connectivity index (χ0v) is 16.5. The molecule has 0 aromatic heterocycles. The average molecular weight is 353 g/mol. The SMILES string of the molecule is C=CC(=O)OCC.C=CC(=O)OCC.CCCC1C2CCC(C2)C1C. The van der Waals surface area contributed by atoms with Crippen LogP contribution in [-0.2, 0) is 19.1 Å². The highest BCUT2D eigenvalue weighted by molar-refractivity contribution is 5.81. The molecule has 2 saturated carbocycles. The van der Waals surface area contributed by atoms with E-state index in [0.717, 1.165) is 35.8 Å². The summed E-state index contributed by atoms with van der Waals surface area (Å²) in [4.78, 5) is 20.1. The maximum absolute atomic E-state index is 10.1. The number of hydrogen-bond acceptors (Lipinski definition) is 4. The van der Waals surface area contributed by atoms with Gasteiger partial charge in [0.15, 0.2) is 0 Å². The maximum atomic E-state index is 10.1. The first-order valence-corrected chi connectivity index (χ1v) is 9.53. The van der Waals surface area contributed by atoms with Gasteiger partial charge in [-0.25, -0.2) is 9.59 Å². The number of carbonyl (C=O) groups excluding carboxylic acids is 2. The molecule has 0 aliphatic heterocycles. The molecule has 4 nitrogen and oxygen atoms in total. The molecule has 0 amide bonds. The predicted molar refractivity (Wildman–Crippen MR) is 102 cm³/mol. The molecular weight excluding hydrogens is 316 g/mol. The van der Waals surface area contributed by atoms with Crippen LogP contribution in [0.4, 0.5) is 0 Å². The molecule has 0 saturated heterocycles. The molecule has 2 fully saturated rings. The Labute approximate surface area is 153 Å². The normalized spacial score (nSPS) is 25.6. The van der Waals surface area contributed by atoms with Crippen molar-refractivity contribution in [3.63, 3.8) is 0 Å². The second kappa shape index (κ2) is 13.7. The van der Waals surface area contributed by atoms with E-state index in [9.17, 15) is 9.59 Å². The molecule has 0 heterocycles. The molecule has 0 radical (unpaired) electrons. The van der Waals surface area contributed by atoms with Gasteiger partial charge in [-0.15, -0.1) is 0 Å². The minimum Gasteiger partial charge on any atom is -0.463 e.